The number of fused-ring (bicyclic) bond motifs is 2. The molecule has 8 nitrogen and oxygen atoms in total. The van der Waals surface area contributed by atoms with Crippen LogP contribution in [0.3, 0.4) is 0 Å². The van der Waals surface area contributed by atoms with Gasteiger partial charge in [0.2, 0.25) is 0 Å². The highest BCUT2D eigenvalue weighted by Crippen LogP contribution is 2.66. The van der Waals surface area contributed by atoms with Crippen molar-refractivity contribution in [2.24, 2.45) is 0 Å². The molecule has 0 saturated carbocycles. The number of halogens is 4. The highest BCUT2D eigenvalue weighted by molar-refractivity contribution is 8.22. The first-order valence-electron chi connectivity index (χ1n) is 12.3. The molecule has 1 unspecified atom stereocenters. The van der Waals surface area contributed by atoms with E-state index < -0.39 is 58.5 Å². The largest absolute Gasteiger partial charge is 0.471 e. The number of hydrogen-bond donors (Lipinski definition) is 3. The lowest BCUT2D eigenvalue weighted by molar-refractivity contribution is -0.173. The summed E-state index contributed by atoms with van der Waals surface area (Å²) in [4.78, 5) is 24.7. The van der Waals surface area contributed by atoms with Crippen LogP contribution in [0.2, 0.25) is 0 Å². The molecular formula is C27H31F4N3O5S. The fourth-order valence-electron chi connectivity index (χ4n) is 4.86. The summed E-state index contributed by atoms with van der Waals surface area (Å²) < 4.78 is 83.4. The third kappa shape index (κ3) is 5.55. The maximum Gasteiger partial charge on any atom is 0.471 e. The summed E-state index contributed by atoms with van der Waals surface area (Å²) in [6.07, 6.45) is -4.39. The van der Waals surface area contributed by atoms with Crippen molar-refractivity contribution in [2.45, 2.75) is 69.8 Å². The Bertz CT molecular complexity index is 1490. The molecule has 2 aromatic carbocycles. The maximum atomic E-state index is 14.2. The number of nitrogens with zero attached hydrogens (tertiary/aromatic N) is 2. The van der Waals surface area contributed by atoms with Crippen LogP contribution in [0.4, 0.5) is 22.4 Å². The van der Waals surface area contributed by atoms with Crippen LogP contribution in [0, 0.1) is 5.82 Å². The van der Waals surface area contributed by atoms with E-state index in [9.17, 15) is 36.3 Å². The predicted octanol–water partition coefficient (Wildman–Crippen LogP) is 7.09. The number of carbonyl (C=O) groups excluding carboxylic acids is 2. The SMILES string of the molecule is CC(C)(C)OC(=O)n1cc(-c2ccc3c(c2)C(CNC(=O)C(F)(F)F)N(C(C)(C)C)S3(O)O)c2ccc(F)cc21. The van der Waals surface area contributed by atoms with Gasteiger partial charge in [-0.1, -0.05) is 6.07 Å². The molecule has 218 valence electrons. The summed E-state index contributed by atoms with van der Waals surface area (Å²) in [7, 11) is -3.64. The number of nitrogens with one attached hydrogen (secondary N) is 1. The molecule has 1 atom stereocenters. The molecule has 0 spiro atoms. The van der Waals surface area contributed by atoms with Gasteiger partial charge in [-0.15, -0.1) is 10.8 Å². The standard InChI is InChI=1S/C27H31F4N3O5S/c1-25(2,3)34-21(13-32-23(35)27(29,30)31)18-11-15(7-10-22(18)40(34,37)38)19-14-33(24(36)39-26(4,5)6)20-12-16(28)8-9-17(19)20/h7-12,14,21,37-38H,13H2,1-6H3,(H,32,35). The van der Waals surface area contributed by atoms with Crippen molar-refractivity contribution in [1.82, 2.24) is 14.2 Å². The van der Waals surface area contributed by atoms with Gasteiger partial charge in [0, 0.05) is 29.2 Å². The Kier molecular flexibility index (Phi) is 7.28. The van der Waals surface area contributed by atoms with Crippen LogP contribution < -0.4 is 5.32 Å². The Hall–Kier alpha value is -3.13. The molecule has 0 aliphatic carbocycles. The van der Waals surface area contributed by atoms with Gasteiger partial charge in [-0.25, -0.2) is 9.18 Å². The van der Waals surface area contributed by atoms with Crippen molar-refractivity contribution in [1.29, 1.82) is 0 Å². The van der Waals surface area contributed by atoms with Crippen molar-refractivity contribution in [3.8, 4) is 11.1 Å². The monoisotopic (exact) mass is 585 g/mol. The van der Waals surface area contributed by atoms with Crippen LogP contribution in [0.5, 0.6) is 0 Å². The first-order chi connectivity index (χ1) is 18.2. The molecule has 0 saturated heterocycles. The van der Waals surface area contributed by atoms with Crippen LogP contribution in [-0.2, 0) is 9.53 Å². The quantitative estimate of drug-likeness (QED) is 0.284. The maximum absolute atomic E-state index is 14.2. The molecule has 3 N–H and O–H groups in total. The number of alkyl halides is 3. The normalized spacial score (nSPS) is 18.4. The summed E-state index contributed by atoms with van der Waals surface area (Å²) in [5.41, 5.74) is -0.249. The van der Waals surface area contributed by atoms with Crippen LogP contribution in [0.1, 0.15) is 53.1 Å². The van der Waals surface area contributed by atoms with Crippen molar-refractivity contribution in [3.05, 3.63) is 54.0 Å². The Morgan fingerprint density at radius 1 is 1.02 bits per heavy atom. The van der Waals surface area contributed by atoms with E-state index in [-0.39, 0.29) is 10.4 Å². The zero-order valence-electron chi connectivity index (χ0n) is 22.8. The first kappa shape index (κ1) is 29.8. The topological polar surface area (TPSA) is 104 Å². The number of amides is 1. The van der Waals surface area contributed by atoms with Crippen LogP contribution >= 0.6 is 10.8 Å². The highest BCUT2D eigenvalue weighted by atomic mass is 32.3. The molecule has 0 fully saturated rings. The summed E-state index contributed by atoms with van der Waals surface area (Å²) in [5, 5.41) is 2.35. The average Bonchev–Trinajstić information content (AvgIpc) is 3.27. The van der Waals surface area contributed by atoms with Crippen molar-refractivity contribution in [3.63, 3.8) is 0 Å². The minimum Gasteiger partial charge on any atom is -0.443 e. The summed E-state index contributed by atoms with van der Waals surface area (Å²) in [5.74, 6) is -2.73. The van der Waals surface area contributed by atoms with Gasteiger partial charge in [-0.3, -0.25) is 18.5 Å². The second-order valence-corrected chi connectivity index (χ2v) is 13.4. The molecule has 0 bridgehead atoms. The van der Waals surface area contributed by atoms with E-state index in [0.717, 1.165) is 0 Å². The number of aromatic nitrogens is 1. The Balaban J connectivity index is 1.86. The lowest BCUT2D eigenvalue weighted by Crippen LogP contribution is -2.47. The second-order valence-electron chi connectivity index (χ2n) is 11.5. The zero-order valence-corrected chi connectivity index (χ0v) is 23.6. The van der Waals surface area contributed by atoms with Gasteiger partial charge in [0.05, 0.1) is 16.5 Å². The van der Waals surface area contributed by atoms with Gasteiger partial charge in [0.25, 0.3) is 0 Å². The molecule has 3 aromatic rings. The molecule has 4 rings (SSSR count). The molecule has 2 heterocycles. The zero-order chi connectivity index (χ0) is 30.0. The highest BCUT2D eigenvalue weighted by Gasteiger charge is 2.49. The number of benzene rings is 2. The van der Waals surface area contributed by atoms with E-state index in [4.69, 9.17) is 4.74 Å². The van der Waals surface area contributed by atoms with Gasteiger partial charge < -0.3 is 10.1 Å². The third-order valence-corrected chi connectivity index (χ3v) is 8.58. The average molecular weight is 586 g/mol. The van der Waals surface area contributed by atoms with E-state index in [2.05, 4.69) is 0 Å². The smallest absolute Gasteiger partial charge is 0.443 e. The van der Waals surface area contributed by atoms with Gasteiger partial charge in [-0.05, 0) is 83.0 Å². The molecule has 1 amide bonds. The van der Waals surface area contributed by atoms with E-state index >= 15 is 0 Å². The molecule has 0 radical (unpaired) electrons. The number of ether oxygens (including phenoxy) is 1. The van der Waals surface area contributed by atoms with Crippen molar-refractivity contribution < 1.29 is 41.0 Å². The van der Waals surface area contributed by atoms with E-state index in [1.807, 2.05) is 5.32 Å². The van der Waals surface area contributed by atoms with Gasteiger partial charge in [0.15, 0.2) is 0 Å². The number of rotatable bonds is 3. The van der Waals surface area contributed by atoms with E-state index in [1.165, 1.54) is 39.3 Å². The summed E-state index contributed by atoms with van der Waals surface area (Å²) in [6.45, 7) is 9.55. The Morgan fingerprint density at radius 2 is 1.68 bits per heavy atom. The second kappa shape index (κ2) is 9.75. The lowest BCUT2D eigenvalue weighted by Gasteiger charge is -2.47. The molecule has 13 heteroatoms. The number of carbonyl (C=O) groups is 2. The van der Waals surface area contributed by atoms with E-state index in [0.29, 0.717) is 22.1 Å². The molecule has 40 heavy (non-hydrogen) atoms. The van der Waals surface area contributed by atoms with E-state index in [1.54, 1.807) is 53.7 Å². The summed E-state index contributed by atoms with van der Waals surface area (Å²) >= 11 is 0. The Labute approximate surface area is 230 Å². The van der Waals surface area contributed by atoms with Crippen molar-refractivity contribution >= 4 is 33.7 Å². The predicted molar refractivity (Wildman–Crippen MR) is 143 cm³/mol. The van der Waals surface area contributed by atoms with Crippen LogP contribution in [-0.4, -0.2) is 53.8 Å². The van der Waals surface area contributed by atoms with Crippen LogP contribution in [0.15, 0.2) is 47.5 Å². The minimum atomic E-state index is -5.11. The fourth-order valence-corrected chi connectivity index (χ4v) is 7.14. The van der Waals surface area contributed by atoms with Crippen molar-refractivity contribution in [2.75, 3.05) is 6.54 Å². The Morgan fingerprint density at radius 3 is 2.25 bits per heavy atom. The molecule has 1 aromatic heterocycles. The lowest BCUT2D eigenvalue weighted by atomic mass is 9.97. The van der Waals surface area contributed by atoms with Gasteiger partial charge >= 0.3 is 18.2 Å². The fraction of sp³-hybridized carbons (Fsp3) is 0.407. The van der Waals surface area contributed by atoms with Gasteiger partial charge in [-0.2, -0.15) is 17.5 Å². The van der Waals surface area contributed by atoms with Crippen LogP contribution in [0.25, 0.3) is 22.0 Å². The molecular weight excluding hydrogens is 554 g/mol. The first-order valence-corrected chi connectivity index (χ1v) is 13.8. The minimum absolute atomic E-state index is 0.111. The molecule has 1 aliphatic rings. The third-order valence-electron chi connectivity index (χ3n) is 6.26. The molecule has 1 aliphatic heterocycles. The van der Waals surface area contributed by atoms with Gasteiger partial charge in [0.1, 0.15) is 11.4 Å². The summed E-state index contributed by atoms with van der Waals surface area (Å²) in [6, 6.07) is 7.51. The number of hydrogen-bond acceptors (Lipinski definition) is 6.